The van der Waals surface area contributed by atoms with Crippen LogP contribution in [-0.4, -0.2) is 25.7 Å². The van der Waals surface area contributed by atoms with Crippen molar-refractivity contribution in [1.82, 2.24) is 10.6 Å². The highest BCUT2D eigenvalue weighted by atomic mass is 15.0. The Morgan fingerprint density at radius 1 is 1.46 bits per heavy atom. The van der Waals surface area contributed by atoms with Gasteiger partial charge < -0.3 is 10.6 Å². The summed E-state index contributed by atoms with van der Waals surface area (Å²) < 4.78 is 0. The van der Waals surface area contributed by atoms with E-state index in [-0.39, 0.29) is 0 Å². The molecule has 76 valence electrons. The fourth-order valence-electron chi connectivity index (χ4n) is 2.43. The van der Waals surface area contributed by atoms with Crippen molar-refractivity contribution in [2.45, 2.75) is 45.1 Å². The van der Waals surface area contributed by atoms with Crippen molar-refractivity contribution in [2.24, 2.45) is 5.41 Å². The van der Waals surface area contributed by atoms with Crippen LogP contribution in [0.5, 0.6) is 0 Å². The smallest absolute Gasteiger partial charge is 0.00684 e. The molecule has 0 spiro atoms. The third-order valence-corrected chi connectivity index (χ3v) is 3.46. The van der Waals surface area contributed by atoms with Crippen LogP contribution in [0.15, 0.2) is 0 Å². The van der Waals surface area contributed by atoms with Crippen LogP contribution >= 0.6 is 0 Å². The van der Waals surface area contributed by atoms with E-state index in [1.54, 1.807) is 0 Å². The van der Waals surface area contributed by atoms with Crippen LogP contribution in [0.3, 0.4) is 0 Å². The van der Waals surface area contributed by atoms with E-state index in [1.807, 2.05) is 0 Å². The van der Waals surface area contributed by atoms with Gasteiger partial charge >= 0.3 is 0 Å². The van der Waals surface area contributed by atoms with Crippen molar-refractivity contribution in [3.63, 3.8) is 0 Å². The SMILES string of the molecule is CCCC1(CNC2CC2)CCNC1. The average molecular weight is 182 g/mol. The highest BCUT2D eigenvalue weighted by molar-refractivity contribution is 4.92. The van der Waals surface area contributed by atoms with Gasteiger partial charge in [0.1, 0.15) is 0 Å². The van der Waals surface area contributed by atoms with Gasteiger partial charge in [-0.2, -0.15) is 0 Å². The maximum absolute atomic E-state index is 3.68. The lowest BCUT2D eigenvalue weighted by atomic mass is 9.82. The molecule has 2 nitrogen and oxygen atoms in total. The fourth-order valence-corrected chi connectivity index (χ4v) is 2.43. The molecule has 2 heteroatoms. The summed E-state index contributed by atoms with van der Waals surface area (Å²) in [4.78, 5) is 0. The highest BCUT2D eigenvalue weighted by Crippen LogP contribution is 2.31. The third kappa shape index (κ3) is 2.44. The maximum atomic E-state index is 3.68. The van der Waals surface area contributed by atoms with Crippen LogP contribution in [0.1, 0.15) is 39.0 Å². The average Bonchev–Trinajstić information content (AvgIpc) is 2.85. The van der Waals surface area contributed by atoms with E-state index in [0.717, 1.165) is 6.04 Å². The molecule has 1 unspecified atom stereocenters. The molecule has 1 aliphatic carbocycles. The third-order valence-electron chi connectivity index (χ3n) is 3.46. The summed E-state index contributed by atoms with van der Waals surface area (Å²) in [5.41, 5.74) is 0.595. The number of rotatable bonds is 5. The zero-order valence-corrected chi connectivity index (χ0v) is 8.73. The van der Waals surface area contributed by atoms with Crippen molar-refractivity contribution < 1.29 is 0 Å². The first-order valence-corrected chi connectivity index (χ1v) is 5.79. The maximum Gasteiger partial charge on any atom is 0.00684 e. The Morgan fingerprint density at radius 2 is 2.31 bits per heavy atom. The first-order valence-electron chi connectivity index (χ1n) is 5.79. The van der Waals surface area contributed by atoms with Crippen LogP contribution < -0.4 is 10.6 Å². The minimum absolute atomic E-state index is 0.595. The van der Waals surface area contributed by atoms with Gasteiger partial charge in [-0.3, -0.25) is 0 Å². The first-order chi connectivity index (χ1) is 6.35. The number of hydrogen-bond donors (Lipinski definition) is 2. The zero-order valence-electron chi connectivity index (χ0n) is 8.73. The van der Waals surface area contributed by atoms with Crippen LogP contribution in [0, 0.1) is 5.41 Å². The molecular weight excluding hydrogens is 160 g/mol. The highest BCUT2D eigenvalue weighted by Gasteiger charge is 2.34. The second kappa shape index (κ2) is 3.97. The Labute approximate surface area is 81.5 Å². The molecule has 2 aliphatic rings. The summed E-state index contributed by atoms with van der Waals surface area (Å²) in [6.45, 7) is 6.02. The Morgan fingerprint density at radius 3 is 2.85 bits per heavy atom. The first kappa shape index (κ1) is 9.47. The van der Waals surface area contributed by atoms with Gasteiger partial charge in [-0.1, -0.05) is 13.3 Å². The minimum atomic E-state index is 0.595. The van der Waals surface area contributed by atoms with E-state index in [2.05, 4.69) is 17.6 Å². The van der Waals surface area contributed by atoms with E-state index in [1.165, 1.54) is 51.7 Å². The molecule has 0 radical (unpaired) electrons. The second-order valence-electron chi connectivity index (χ2n) is 4.83. The molecule has 13 heavy (non-hydrogen) atoms. The van der Waals surface area contributed by atoms with Crippen molar-refractivity contribution >= 4 is 0 Å². The van der Waals surface area contributed by atoms with Gasteiger partial charge in [0.15, 0.2) is 0 Å². The van der Waals surface area contributed by atoms with Crippen molar-refractivity contribution in [3.05, 3.63) is 0 Å². The molecule has 0 aromatic carbocycles. The van der Waals surface area contributed by atoms with Crippen LogP contribution in [0.25, 0.3) is 0 Å². The quantitative estimate of drug-likeness (QED) is 0.673. The Bertz CT molecular complexity index is 157. The van der Waals surface area contributed by atoms with Gasteiger partial charge in [-0.05, 0) is 37.6 Å². The van der Waals surface area contributed by atoms with Crippen molar-refractivity contribution in [2.75, 3.05) is 19.6 Å². The predicted octanol–water partition coefficient (Wildman–Crippen LogP) is 1.52. The molecule has 1 heterocycles. The molecule has 2 fully saturated rings. The molecule has 1 aliphatic heterocycles. The Balaban J connectivity index is 1.79. The summed E-state index contributed by atoms with van der Waals surface area (Å²) in [6, 6.07) is 0.870. The van der Waals surface area contributed by atoms with E-state index < -0.39 is 0 Å². The van der Waals surface area contributed by atoms with E-state index in [0.29, 0.717) is 5.41 Å². The molecule has 1 atom stereocenters. The summed E-state index contributed by atoms with van der Waals surface area (Å²) in [5, 5.41) is 7.19. The van der Waals surface area contributed by atoms with Gasteiger partial charge in [0.25, 0.3) is 0 Å². The monoisotopic (exact) mass is 182 g/mol. The van der Waals surface area contributed by atoms with Gasteiger partial charge in [-0.15, -0.1) is 0 Å². The Hall–Kier alpha value is -0.0800. The summed E-state index contributed by atoms with van der Waals surface area (Å²) >= 11 is 0. The lowest BCUT2D eigenvalue weighted by Gasteiger charge is -2.28. The lowest BCUT2D eigenvalue weighted by molar-refractivity contribution is 0.275. The minimum Gasteiger partial charge on any atom is -0.316 e. The number of hydrogen-bond acceptors (Lipinski definition) is 2. The normalized spacial score (nSPS) is 33.9. The van der Waals surface area contributed by atoms with Gasteiger partial charge in [-0.25, -0.2) is 0 Å². The van der Waals surface area contributed by atoms with Gasteiger partial charge in [0.05, 0.1) is 0 Å². The summed E-state index contributed by atoms with van der Waals surface area (Å²) in [7, 11) is 0. The molecule has 1 saturated heterocycles. The second-order valence-corrected chi connectivity index (χ2v) is 4.83. The lowest BCUT2D eigenvalue weighted by Crippen LogP contribution is -2.37. The fraction of sp³-hybridized carbons (Fsp3) is 1.00. The molecule has 0 aromatic heterocycles. The summed E-state index contributed by atoms with van der Waals surface area (Å²) in [5.74, 6) is 0. The standard InChI is InChI=1S/C11H22N2/c1-2-5-11(6-7-12-8-11)9-13-10-3-4-10/h10,12-13H,2-9H2,1H3. The molecule has 0 aromatic rings. The predicted molar refractivity (Wildman–Crippen MR) is 55.9 cm³/mol. The topological polar surface area (TPSA) is 24.1 Å². The van der Waals surface area contributed by atoms with Crippen LogP contribution in [0.4, 0.5) is 0 Å². The van der Waals surface area contributed by atoms with Gasteiger partial charge in [0, 0.05) is 19.1 Å². The van der Waals surface area contributed by atoms with Crippen molar-refractivity contribution in [1.29, 1.82) is 0 Å². The zero-order chi connectivity index (χ0) is 9.15. The molecular formula is C11H22N2. The Kier molecular flexibility index (Phi) is 2.89. The molecule has 0 bridgehead atoms. The largest absolute Gasteiger partial charge is 0.316 e. The van der Waals surface area contributed by atoms with Crippen molar-refractivity contribution in [3.8, 4) is 0 Å². The molecule has 2 N–H and O–H groups in total. The van der Waals surface area contributed by atoms with E-state index >= 15 is 0 Å². The van der Waals surface area contributed by atoms with Gasteiger partial charge in [0.2, 0.25) is 0 Å². The number of nitrogens with one attached hydrogen (secondary N) is 2. The summed E-state index contributed by atoms with van der Waals surface area (Å²) in [6.07, 6.45) is 6.92. The molecule has 1 saturated carbocycles. The molecule has 0 amide bonds. The van der Waals surface area contributed by atoms with E-state index in [4.69, 9.17) is 0 Å². The van der Waals surface area contributed by atoms with Crippen LogP contribution in [0.2, 0.25) is 0 Å². The molecule has 2 rings (SSSR count). The van der Waals surface area contributed by atoms with Crippen LogP contribution in [-0.2, 0) is 0 Å². The van der Waals surface area contributed by atoms with E-state index in [9.17, 15) is 0 Å².